The zero-order chi connectivity index (χ0) is 12.9. The lowest BCUT2D eigenvalue weighted by atomic mass is 10.2. The second-order valence-electron chi connectivity index (χ2n) is 4.10. The average molecular weight is 259 g/mol. The van der Waals surface area contributed by atoms with Crippen LogP contribution in [0.5, 0.6) is 0 Å². The molecule has 2 aliphatic rings. The van der Waals surface area contributed by atoms with Crippen molar-refractivity contribution in [1.82, 2.24) is 14.5 Å². The first-order chi connectivity index (χ1) is 8.56. The Morgan fingerprint density at radius 1 is 1.22 bits per heavy atom. The third-order valence-electron chi connectivity index (χ3n) is 2.75. The van der Waals surface area contributed by atoms with E-state index in [1.165, 1.54) is 18.4 Å². The minimum absolute atomic E-state index is 0.249. The highest BCUT2D eigenvalue weighted by Gasteiger charge is 2.15. The fourth-order valence-corrected chi connectivity index (χ4v) is 2.76. The Bertz CT molecular complexity index is 850. The Morgan fingerprint density at radius 2 is 2.00 bits per heavy atom. The molecule has 0 amide bonds. The molecule has 0 aliphatic carbocycles. The molecule has 1 aromatic carbocycles. The quantitative estimate of drug-likeness (QED) is 0.568. The number of aromatic nitrogens is 3. The van der Waals surface area contributed by atoms with Gasteiger partial charge in [0.15, 0.2) is 10.7 Å². The van der Waals surface area contributed by atoms with Crippen molar-refractivity contribution in [2.24, 2.45) is 7.05 Å². The molecular weight excluding hydrogens is 250 g/mol. The number of fused-ring (bicyclic) bond motifs is 2. The molecule has 2 heterocycles. The highest BCUT2D eigenvalue weighted by Crippen LogP contribution is 2.26. The molecule has 1 aromatic rings. The SMILES string of the molecule is Cc1ccc2nc3c(=O)n(C)c(=O)nc-3sc2c1. The monoisotopic (exact) mass is 259 g/mol. The van der Waals surface area contributed by atoms with Gasteiger partial charge in [-0.15, -0.1) is 11.3 Å². The van der Waals surface area contributed by atoms with Crippen molar-refractivity contribution in [3.8, 4) is 10.7 Å². The lowest BCUT2D eigenvalue weighted by Gasteiger charge is -2.05. The number of benzene rings is 1. The minimum Gasteiger partial charge on any atom is -0.267 e. The normalized spacial score (nSPS) is 11.2. The van der Waals surface area contributed by atoms with Crippen LogP contribution in [0.3, 0.4) is 0 Å². The summed E-state index contributed by atoms with van der Waals surface area (Å²) in [5.74, 6) is 0. The Hall–Kier alpha value is -2.08. The third-order valence-corrected chi connectivity index (χ3v) is 3.77. The first kappa shape index (κ1) is 11.0. The standard InChI is InChI=1S/C12H9N3O2S/c1-6-3-4-7-8(5-6)18-10-9(13-7)11(16)15(2)12(17)14-10/h3-5H,1-2H3. The Morgan fingerprint density at radius 3 is 2.78 bits per heavy atom. The van der Waals surface area contributed by atoms with E-state index in [9.17, 15) is 9.59 Å². The highest BCUT2D eigenvalue weighted by molar-refractivity contribution is 7.21. The summed E-state index contributed by atoms with van der Waals surface area (Å²) >= 11 is 1.32. The summed E-state index contributed by atoms with van der Waals surface area (Å²) in [6, 6.07) is 5.77. The second kappa shape index (κ2) is 3.71. The fourth-order valence-electron chi connectivity index (χ4n) is 1.74. The van der Waals surface area contributed by atoms with Gasteiger partial charge in [0.25, 0.3) is 5.56 Å². The van der Waals surface area contributed by atoms with Gasteiger partial charge in [-0.05, 0) is 24.6 Å². The molecule has 0 unspecified atom stereocenters. The van der Waals surface area contributed by atoms with Crippen molar-refractivity contribution in [2.45, 2.75) is 6.92 Å². The van der Waals surface area contributed by atoms with Crippen LogP contribution in [0.15, 0.2) is 27.8 Å². The highest BCUT2D eigenvalue weighted by atomic mass is 32.1. The molecule has 0 saturated carbocycles. The van der Waals surface area contributed by atoms with Crippen LogP contribution < -0.4 is 11.2 Å². The summed E-state index contributed by atoms with van der Waals surface area (Å²) in [5.41, 5.74) is 1.15. The molecule has 5 nitrogen and oxygen atoms in total. The van der Waals surface area contributed by atoms with E-state index in [1.807, 2.05) is 25.1 Å². The smallest absolute Gasteiger partial charge is 0.267 e. The zero-order valence-corrected chi connectivity index (χ0v) is 10.6. The summed E-state index contributed by atoms with van der Waals surface area (Å²) in [6.45, 7) is 1.98. The molecule has 90 valence electrons. The lowest BCUT2D eigenvalue weighted by Crippen LogP contribution is -2.34. The molecule has 0 radical (unpaired) electrons. The van der Waals surface area contributed by atoms with Crippen LogP contribution in [0.4, 0.5) is 0 Å². The minimum atomic E-state index is -0.544. The van der Waals surface area contributed by atoms with Crippen LogP contribution in [0, 0.1) is 6.92 Å². The molecule has 0 fully saturated rings. The Labute approximate surface area is 106 Å². The number of aryl methyl sites for hydroxylation is 1. The molecule has 18 heavy (non-hydrogen) atoms. The van der Waals surface area contributed by atoms with E-state index in [0.29, 0.717) is 5.01 Å². The fraction of sp³-hybridized carbons (Fsp3) is 0.167. The molecule has 6 heteroatoms. The van der Waals surface area contributed by atoms with Gasteiger partial charge in [0, 0.05) is 7.05 Å². The van der Waals surface area contributed by atoms with Gasteiger partial charge in [-0.25, -0.2) is 9.78 Å². The summed E-state index contributed by atoms with van der Waals surface area (Å²) in [7, 11) is 1.41. The van der Waals surface area contributed by atoms with Gasteiger partial charge in [-0.3, -0.25) is 9.36 Å². The lowest BCUT2D eigenvalue weighted by molar-refractivity contribution is 0.776. The first-order valence-electron chi connectivity index (χ1n) is 5.34. The van der Waals surface area contributed by atoms with Crippen LogP contribution in [-0.4, -0.2) is 14.5 Å². The van der Waals surface area contributed by atoms with E-state index >= 15 is 0 Å². The average Bonchev–Trinajstić information content (AvgIpc) is 2.34. The van der Waals surface area contributed by atoms with Gasteiger partial charge in [0.1, 0.15) is 0 Å². The van der Waals surface area contributed by atoms with Crippen LogP contribution in [-0.2, 0) is 7.05 Å². The molecule has 0 bridgehead atoms. The molecule has 0 atom stereocenters. The Balaban J connectivity index is 2.54. The largest absolute Gasteiger partial charge is 0.351 e. The predicted octanol–water partition coefficient (Wildman–Crippen LogP) is 1.16. The van der Waals surface area contributed by atoms with E-state index < -0.39 is 11.2 Å². The molecule has 3 rings (SSSR count). The van der Waals surface area contributed by atoms with Crippen LogP contribution in [0.25, 0.3) is 20.9 Å². The zero-order valence-electron chi connectivity index (χ0n) is 9.80. The third kappa shape index (κ3) is 1.53. The predicted molar refractivity (Wildman–Crippen MR) is 70.3 cm³/mol. The van der Waals surface area contributed by atoms with Gasteiger partial charge < -0.3 is 0 Å². The van der Waals surface area contributed by atoms with Crippen molar-refractivity contribution in [3.63, 3.8) is 0 Å². The van der Waals surface area contributed by atoms with E-state index in [1.54, 1.807) is 0 Å². The first-order valence-corrected chi connectivity index (χ1v) is 6.16. The van der Waals surface area contributed by atoms with E-state index in [2.05, 4.69) is 9.97 Å². The van der Waals surface area contributed by atoms with Gasteiger partial charge >= 0.3 is 5.69 Å². The van der Waals surface area contributed by atoms with E-state index in [4.69, 9.17) is 0 Å². The Kier molecular flexibility index (Phi) is 2.27. The number of nitrogens with zero attached hydrogens (tertiary/aromatic N) is 3. The van der Waals surface area contributed by atoms with Gasteiger partial charge in [-0.1, -0.05) is 6.07 Å². The van der Waals surface area contributed by atoms with Crippen LogP contribution in [0.2, 0.25) is 0 Å². The maximum atomic E-state index is 11.9. The van der Waals surface area contributed by atoms with E-state index in [0.717, 1.165) is 20.3 Å². The van der Waals surface area contributed by atoms with Gasteiger partial charge in [-0.2, -0.15) is 4.98 Å². The van der Waals surface area contributed by atoms with Crippen molar-refractivity contribution in [2.75, 3.05) is 0 Å². The maximum Gasteiger partial charge on any atom is 0.351 e. The van der Waals surface area contributed by atoms with E-state index in [-0.39, 0.29) is 5.69 Å². The van der Waals surface area contributed by atoms with Crippen molar-refractivity contribution in [1.29, 1.82) is 0 Å². The van der Waals surface area contributed by atoms with Crippen LogP contribution in [0.1, 0.15) is 5.56 Å². The summed E-state index contributed by atoms with van der Waals surface area (Å²) < 4.78 is 1.89. The molecule has 0 spiro atoms. The molecule has 0 aromatic heterocycles. The summed E-state index contributed by atoms with van der Waals surface area (Å²) in [5, 5.41) is 0.390. The topological polar surface area (TPSA) is 64.8 Å². The molecular formula is C12H9N3O2S. The van der Waals surface area contributed by atoms with Crippen molar-refractivity contribution in [3.05, 3.63) is 44.6 Å². The van der Waals surface area contributed by atoms with Crippen molar-refractivity contribution < 1.29 is 0 Å². The number of hydrogen-bond donors (Lipinski definition) is 0. The molecule has 0 saturated heterocycles. The number of hydrogen-bond acceptors (Lipinski definition) is 5. The van der Waals surface area contributed by atoms with Crippen molar-refractivity contribution >= 4 is 21.6 Å². The summed E-state index contributed by atoms with van der Waals surface area (Å²) in [4.78, 5) is 31.6. The summed E-state index contributed by atoms with van der Waals surface area (Å²) in [6.07, 6.45) is 0. The van der Waals surface area contributed by atoms with Crippen LogP contribution >= 0.6 is 11.3 Å². The second-order valence-corrected chi connectivity index (χ2v) is 5.13. The molecule has 2 aliphatic heterocycles. The van der Waals surface area contributed by atoms with Gasteiger partial charge in [0.2, 0.25) is 0 Å². The van der Waals surface area contributed by atoms with Gasteiger partial charge in [0.05, 0.1) is 10.2 Å². The molecule has 0 N–H and O–H groups in total. The maximum absolute atomic E-state index is 11.9. The number of rotatable bonds is 0.